The number of carbonyl (C=O) groups is 3. The minimum Gasteiger partial charge on any atom is -0.452 e. The molecular weight excluding hydrogens is 394 g/mol. The molecular formula is C16H20BrN3O5. The van der Waals surface area contributed by atoms with Gasteiger partial charge in [0.05, 0.1) is 25.3 Å². The van der Waals surface area contributed by atoms with Gasteiger partial charge in [0.15, 0.2) is 6.61 Å². The van der Waals surface area contributed by atoms with Crippen LogP contribution in [0.2, 0.25) is 0 Å². The standard InChI is InChI=1S/C16H20BrN3O5/c1-19(9-14(21)20-4-6-24-7-5-20)15(22)10-25-16(23)12-8-11(17)2-3-13(12)18/h2-3,8H,4-7,9-10,18H2,1H3. The molecule has 1 aliphatic heterocycles. The Balaban J connectivity index is 1.83. The Bertz CT molecular complexity index is 661. The van der Waals surface area contributed by atoms with Crippen LogP contribution in [-0.2, 0) is 19.1 Å². The molecule has 0 unspecified atom stereocenters. The van der Waals surface area contributed by atoms with Crippen LogP contribution in [0, 0.1) is 0 Å². The summed E-state index contributed by atoms with van der Waals surface area (Å²) in [4.78, 5) is 39.1. The van der Waals surface area contributed by atoms with Crippen LogP contribution in [0.15, 0.2) is 22.7 Å². The van der Waals surface area contributed by atoms with E-state index in [1.165, 1.54) is 18.0 Å². The van der Waals surface area contributed by atoms with E-state index in [0.29, 0.717) is 30.8 Å². The molecule has 0 aliphatic carbocycles. The molecule has 0 radical (unpaired) electrons. The second-order valence-corrected chi connectivity index (χ2v) is 6.47. The number of anilines is 1. The molecule has 8 nitrogen and oxygen atoms in total. The first-order chi connectivity index (χ1) is 11.9. The number of carbonyl (C=O) groups excluding carboxylic acids is 3. The molecule has 1 heterocycles. The number of nitrogens with two attached hydrogens (primary N) is 1. The zero-order chi connectivity index (χ0) is 18.4. The summed E-state index contributed by atoms with van der Waals surface area (Å²) in [7, 11) is 1.49. The van der Waals surface area contributed by atoms with Gasteiger partial charge in [-0.15, -0.1) is 0 Å². The van der Waals surface area contributed by atoms with Crippen molar-refractivity contribution >= 4 is 39.4 Å². The molecule has 1 aromatic carbocycles. The number of likely N-dealkylation sites (N-methyl/N-ethyl adjacent to an activating group) is 1. The first-order valence-corrected chi connectivity index (χ1v) is 8.49. The second kappa shape index (κ2) is 8.82. The van der Waals surface area contributed by atoms with Gasteiger partial charge in [-0.25, -0.2) is 4.79 Å². The zero-order valence-electron chi connectivity index (χ0n) is 13.9. The molecule has 2 amide bonds. The predicted molar refractivity (Wildman–Crippen MR) is 93.9 cm³/mol. The number of halogens is 1. The first kappa shape index (κ1) is 19.2. The number of esters is 1. The fraction of sp³-hybridized carbons (Fsp3) is 0.438. The van der Waals surface area contributed by atoms with Crippen LogP contribution < -0.4 is 5.73 Å². The molecule has 1 saturated heterocycles. The van der Waals surface area contributed by atoms with E-state index in [9.17, 15) is 14.4 Å². The molecule has 0 bridgehead atoms. The van der Waals surface area contributed by atoms with Crippen LogP contribution >= 0.6 is 15.9 Å². The van der Waals surface area contributed by atoms with Crippen molar-refractivity contribution in [2.45, 2.75) is 0 Å². The third-order valence-corrected chi connectivity index (χ3v) is 4.22. The number of hydrogen-bond donors (Lipinski definition) is 1. The Morgan fingerprint density at radius 1 is 1.32 bits per heavy atom. The second-order valence-electron chi connectivity index (χ2n) is 5.55. The molecule has 0 saturated carbocycles. The maximum atomic E-state index is 12.1. The van der Waals surface area contributed by atoms with Crippen LogP contribution in [0.5, 0.6) is 0 Å². The van der Waals surface area contributed by atoms with E-state index in [1.54, 1.807) is 17.0 Å². The van der Waals surface area contributed by atoms with E-state index in [0.717, 1.165) is 0 Å². The lowest BCUT2D eigenvalue weighted by Gasteiger charge is -2.28. The molecule has 136 valence electrons. The normalized spacial score (nSPS) is 14.1. The highest BCUT2D eigenvalue weighted by Gasteiger charge is 2.21. The number of morpholine rings is 1. The molecule has 2 N–H and O–H groups in total. The molecule has 1 fully saturated rings. The van der Waals surface area contributed by atoms with Crippen molar-refractivity contribution in [2.24, 2.45) is 0 Å². The van der Waals surface area contributed by atoms with E-state index in [-0.39, 0.29) is 23.7 Å². The van der Waals surface area contributed by atoms with Crippen LogP contribution in [0.1, 0.15) is 10.4 Å². The van der Waals surface area contributed by atoms with Gasteiger partial charge < -0.3 is 25.0 Å². The summed E-state index contributed by atoms with van der Waals surface area (Å²) in [5.41, 5.74) is 6.16. The van der Waals surface area contributed by atoms with Gasteiger partial charge in [0.2, 0.25) is 5.91 Å². The molecule has 1 aliphatic rings. The van der Waals surface area contributed by atoms with E-state index < -0.39 is 18.5 Å². The summed E-state index contributed by atoms with van der Waals surface area (Å²) in [5, 5.41) is 0. The number of nitrogen functional groups attached to an aromatic ring is 1. The minimum atomic E-state index is -0.694. The highest BCUT2D eigenvalue weighted by atomic mass is 79.9. The monoisotopic (exact) mass is 413 g/mol. The molecule has 0 spiro atoms. The summed E-state index contributed by atoms with van der Waals surface area (Å²) in [6.07, 6.45) is 0. The van der Waals surface area contributed by atoms with Gasteiger partial charge in [0.1, 0.15) is 0 Å². The molecule has 0 aromatic heterocycles. The van der Waals surface area contributed by atoms with Gasteiger partial charge in [0.25, 0.3) is 5.91 Å². The van der Waals surface area contributed by atoms with Gasteiger partial charge in [-0.05, 0) is 18.2 Å². The molecule has 0 atom stereocenters. The van der Waals surface area contributed by atoms with Crippen LogP contribution in [0.4, 0.5) is 5.69 Å². The quantitative estimate of drug-likeness (QED) is 0.557. The van der Waals surface area contributed by atoms with Crippen molar-refractivity contribution in [3.8, 4) is 0 Å². The van der Waals surface area contributed by atoms with Crippen molar-refractivity contribution in [3.05, 3.63) is 28.2 Å². The van der Waals surface area contributed by atoms with Crippen molar-refractivity contribution < 1.29 is 23.9 Å². The van der Waals surface area contributed by atoms with E-state index in [1.807, 2.05) is 0 Å². The lowest BCUT2D eigenvalue weighted by Crippen LogP contribution is -2.46. The fourth-order valence-electron chi connectivity index (χ4n) is 2.22. The van der Waals surface area contributed by atoms with Crippen LogP contribution in [-0.4, -0.2) is 74.1 Å². The maximum absolute atomic E-state index is 12.1. The number of rotatable bonds is 5. The molecule has 25 heavy (non-hydrogen) atoms. The van der Waals surface area contributed by atoms with Gasteiger partial charge in [-0.1, -0.05) is 15.9 Å². The Kier molecular flexibility index (Phi) is 6.77. The highest BCUT2D eigenvalue weighted by Crippen LogP contribution is 2.19. The maximum Gasteiger partial charge on any atom is 0.340 e. The number of ether oxygens (including phenoxy) is 2. The van der Waals surface area contributed by atoms with E-state index in [4.69, 9.17) is 15.2 Å². The van der Waals surface area contributed by atoms with Crippen molar-refractivity contribution in [2.75, 3.05) is 52.2 Å². The molecule has 1 aromatic rings. The smallest absolute Gasteiger partial charge is 0.340 e. The summed E-state index contributed by atoms with van der Waals surface area (Å²) >= 11 is 3.24. The predicted octanol–water partition coefficient (Wildman–Crippen LogP) is 0.505. The van der Waals surface area contributed by atoms with E-state index >= 15 is 0 Å². The van der Waals surface area contributed by atoms with Crippen molar-refractivity contribution in [1.82, 2.24) is 9.80 Å². The Morgan fingerprint density at radius 3 is 2.68 bits per heavy atom. The summed E-state index contributed by atoms with van der Waals surface area (Å²) < 4.78 is 10.9. The minimum absolute atomic E-state index is 0.0740. The van der Waals surface area contributed by atoms with Crippen LogP contribution in [0.25, 0.3) is 0 Å². The average Bonchev–Trinajstić information content (AvgIpc) is 2.62. The Morgan fingerprint density at radius 2 is 2.00 bits per heavy atom. The summed E-state index contributed by atoms with van der Waals surface area (Å²) in [6, 6.07) is 4.78. The first-order valence-electron chi connectivity index (χ1n) is 7.70. The molecule has 9 heteroatoms. The highest BCUT2D eigenvalue weighted by molar-refractivity contribution is 9.10. The number of hydrogen-bond acceptors (Lipinski definition) is 6. The fourth-order valence-corrected chi connectivity index (χ4v) is 2.59. The number of amides is 2. The Labute approximate surface area is 154 Å². The topological polar surface area (TPSA) is 102 Å². The number of nitrogens with zero attached hydrogens (tertiary/aromatic N) is 2. The largest absolute Gasteiger partial charge is 0.452 e. The van der Waals surface area contributed by atoms with Gasteiger partial charge >= 0.3 is 5.97 Å². The van der Waals surface area contributed by atoms with Crippen molar-refractivity contribution in [3.63, 3.8) is 0 Å². The third kappa shape index (κ3) is 5.43. The van der Waals surface area contributed by atoms with Crippen LogP contribution in [0.3, 0.4) is 0 Å². The van der Waals surface area contributed by atoms with E-state index in [2.05, 4.69) is 15.9 Å². The van der Waals surface area contributed by atoms with Gasteiger partial charge in [-0.3, -0.25) is 9.59 Å². The van der Waals surface area contributed by atoms with Crippen molar-refractivity contribution in [1.29, 1.82) is 0 Å². The average molecular weight is 414 g/mol. The third-order valence-electron chi connectivity index (χ3n) is 3.72. The zero-order valence-corrected chi connectivity index (χ0v) is 15.5. The SMILES string of the molecule is CN(CC(=O)N1CCOCC1)C(=O)COC(=O)c1cc(Br)ccc1N. The lowest BCUT2D eigenvalue weighted by molar-refractivity contribution is -0.143. The summed E-state index contributed by atoms with van der Waals surface area (Å²) in [6.45, 7) is 1.48. The molecule has 2 rings (SSSR count). The lowest BCUT2D eigenvalue weighted by atomic mass is 10.2. The number of benzene rings is 1. The van der Waals surface area contributed by atoms with Gasteiger partial charge in [0, 0.05) is 30.3 Å². The van der Waals surface area contributed by atoms with Gasteiger partial charge in [-0.2, -0.15) is 0 Å². The summed E-state index contributed by atoms with van der Waals surface area (Å²) in [5.74, 6) is -1.33. The Hall–Kier alpha value is -2.13.